The van der Waals surface area contributed by atoms with Gasteiger partial charge in [-0.3, -0.25) is 9.59 Å². The highest BCUT2D eigenvalue weighted by Crippen LogP contribution is 2.24. The molecule has 2 nitrogen and oxygen atoms in total. The van der Waals surface area contributed by atoms with Crippen molar-refractivity contribution in [3.63, 3.8) is 0 Å². The first-order chi connectivity index (χ1) is 7.52. The largest absolute Gasteiger partial charge is 0.299 e. The van der Waals surface area contributed by atoms with Crippen molar-refractivity contribution in [2.24, 2.45) is 11.8 Å². The third kappa shape index (κ3) is 3.44. The van der Waals surface area contributed by atoms with Gasteiger partial charge < -0.3 is 0 Å². The maximum Gasteiger partial charge on any atom is 0.156 e. The van der Waals surface area contributed by atoms with Crippen molar-refractivity contribution in [2.75, 3.05) is 0 Å². The molecule has 0 N–H and O–H groups in total. The van der Waals surface area contributed by atoms with Crippen LogP contribution in [0.2, 0.25) is 0 Å². The van der Waals surface area contributed by atoms with Gasteiger partial charge in [-0.1, -0.05) is 32.1 Å². The molecule has 0 fully saturated rings. The zero-order chi connectivity index (χ0) is 12.1. The van der Waals surface area contributed by atoms with Crippen LogP contribution in [0.4, 0.5) is 0 Å². The number of carbonyl (C=O) groups is 2. The maximum absolute atomic E-state index is 12.0. The lowest BCUT2D eigenvalue weighted by Crippen LogP contribution is -2.22. The van der Waals surface area contributed by atoms with Crippen LogP contribution in [0.3, 0.4) is 0 Å². The monoisotopic (exact) mass is 220 g/mol. The molecule has 1 unspecified atom stereocenters. The summed E-state index contributed by atoms with van der Waals surface area (Å²) in [5.74, 6) is 0.570. The number of carbonyl (C=O) groups excluding carboxylic acids is 2. The lowest BCUT2D eigenvalue weighted by atomic mass is 9.83. The Morgan fingerprint density at radius 1 is 1.44 bits per heavy atom. The SMILES string of the molecule is CC(=O)C1=CC=CCC1C(=O)CCC(C)C. The Bertz CT molecular complexity index is 335. The van der Waals surface area contributed by atoms with Crippen molar-refractivity contribution in [1.82, 2.24) is 0 Å². The predicted octanol–water partition coefficient (Wildman–Crippen LogP) is 3.08. The quantitative estimate of drug-likeness (QED) is 0.713. The third-order valence-corrected chi connectivity index (χ3v) is 2.92. The number of rotatable bonds is 5. The summed E-state index contributed by atoms with van der Waals surface area (Å²) in [5, 5.41) is 0. The van der Waals surface area contributed by atoms with Crippen LogP contribution < -0.4 is 0 Å². The topological polar surface area (TPSA) is 34.1 Å². The lowest BCUT2D eigenvalue weighted by molar-refractivity contribution is -0.124. The summed E-state index contributed by atoms with van der Waals surface area (Å²) in [6, 6.07) is 0. The number of Topliss-reactive ketones (excluding diaryl/α,β-unsaturated/α-hetero) is 2. The molecule has 0 aromatic rings. The Morgan fingerprint density at radius 3 is 2.69 bits per heavy atom. The van der Waals surface area contributed by atoms with E-state index in [1.165, 1.54) is 6.92 Å². The summed E-state index contributed by atoms with van der Waals surface area (Å²) in [4.78, 5) is 23.4. The molecule has 1 atom stereocenters. The van der Waals surface area contributed by atoms with Gasteiger partial charge in [-0.25, -0.2) is 0 Å². The van der Waals surface area contributed by atoms with Crippen LogP contribution in [0.15, 0.2) is 23.8 Å². The van der Waals surface area contributed by atoms with Crippen LogP contribution in [0.1, 0.15) is 40.0 Å². The molecule has 0 aromatic heterocycles. The Balaban J connectivity index is 2.65. The van der Waals surface area contributed by atoms with E-state index < -0.39 is 0 Å². The zero-order valence-electron chi connectivity index (χ0n) is 10.3. The Morgan fingerprint density at radius 2 is 2.12 bits per heavy atom. The molecule has 1 aliphatic rings. The molecule has 1 aliphatic carbocycles. The molecule has 1 rings (SSSR count). The van der Waals surface area contributed by atoms with E-state index in [9.17, 15) is 9.59 Å². The van der Waals surface area contributed by atoms with E-state index >= 15 is 0 Å². The Hall–Kier alpha value is -1.18. The predicted molar refractivity (Wildman–Crippen MR) is 65.1 cm³/mol. The second-order valence-corrected chi connectivity index (χ2v) is 4.79. The van der Waals surface area contributed by atoms with E-state index in [1.54, 1.807) is 6.08 Å². The number of allylic oxidation sites excluding steroid dienone is 4. The smallest absolute Gasteiger partial charge is 0.156 e. The lowest BCUT2D eigenvalue weighted by Gasteiger charge is -2.18. The minimum absolute atomic E-state index is 0.0206. The first kappa shape index (κ1) is 12.9. The molecule has 16 heavy (non-hydrogen) atoms. The maximum atomic E-state index is 12.0. The summed E-state index contributed by atoms with van der Waals surface area (Å²) in [7, 11) is 0. The van der Waals surface area contributed by atoms with Gasteiger partial charge in [0.15, 0.2) is 5.78 Å². The summed E-state index contributed by atoms with van der Waals surface area (Å²) >= 11 is 0. The molecule has 0 spiro atoms. The van der Waals surface area contributed by atoms with E-state index in [2.05, 4.69) is 13.8 Å². The van der Waals surface area contributed by atoms with Gasteiger partial charge in [0.2, 0.25) is 0 Å². The molecule has 0 saturated heterocycles. The van der Waals surface area contributed by atoms with Gasteiger partial charge in [0.05, 0.1) is 0 Å². The standard InChI is InChI=1S/C14H20O2/c1-10(2)8-9-14(16)13-7-5-4-6-12(13)11(3)15/h4-6,10,13H,7-9H2,1-3H3. The van der Waals surface area contributed by atoms with Crippen molar-refractivity contribution in [3.05, 3.63) is 23.8 Å². The number of hydrogen-bond acceptors (Lipinski definition) is 2. The minimum atomic E-state index is -0.193. The van der Waals surface area contributed by atoms with Crippen LogP contribution in [0.25, 0.3) is 0 Å². The van der Waals surface area contributed by atoms with Crippen LogP contribution in [-0.4, -0.2) is 11.6 Å². The number of ketones is 2. The minimum Gasteiger partial charge on any atom is -0.299 e. The van der Waals surface area contributed by atoms with Gasteiger partial charge in [-0.2, -0.15) is 0 Å². The fraction of sp³-hybridized carbons (Fsp3) is 0.571. The summed E-state index contributed by atoms with van der Waals surface area (Å²) < 4.78 is 0. The van der Waals surface area contributed by atoms with E-state index in [4.69, 9.17) is 0 Å². The summed E-state index contributed by atoms with van der Waals surface area (Å²) in [6.07, 6.45) is 7.78. The van der Waals surface area contributed by atoms with Gasteiger partial charge in [-0.15, -0.1) is 0 Å². The van der Waals surface area contributed by atoms with Gasteiger partial charge in [0, 0.05) is 17.9 Å². The van der Waals surface area contributed by atoms with E-state index in [0.717, 1.165) is 6.42 Å². The van der Waals surface area contributed by atoms with Gasteiger partial charge in [0.1, 0.15) is 5.78 Å². The van der Waals surface area contributed by atoms with Crippen LogP contribution in [0, 0.1) is 11.8 Å². The molecule has 0 saturated carbocycles. The van der Waals surface area contributed by atoms with E-state index in [1.807, 2.05) is 12.2 Å². The average Bonchev–Trinajstić information content (AvgIpc) is 2.25. The first-order valence-electron chi connectivity index (χ1n) is 5.92. The molecule has 0 aliphatic heterocycles. The van der Waals surface area contributed by atoms with Gasteiger partial charge in [0.25, 0.3) is 0 Å². The van der Waals surface area contributed by atoms with E-state index in [0.29, 0.717) is 24.3 Å². The number of hydrogen-bond donors (Lipinski definition) is 0. The van der Waals surface area contributed by atoms with Crippen molar-refractivity contribution >= 4 is 11.6 Å². The molecule has 0 bridgehead atoms. The average molecular weight is 220 g/mol. The molecule has 0 radical (unpaired) electrons. The first-order valence-corrected chi connectivity index (χ1v) is 5.92. The van der Waals surface area contributed by atoms with Crippen molar-refractivity contribution in [3.8, 4) is 0 Å². The molecule has 2 heteroatoms. The van der Waals surface area contributed by atoms with Gasteiger partial charge >= 0.3 is 0 Å². The molecule has 0 aromatic carbocycles. The third-order valence-electron chi connectivity index (χ3n) is 2.92. The zero-order valence-corrected chi connectivity index (χ0v) is 10.3. The summed E-state index contributed by atoms with van der Waals surface area (Å²) in [5.41, 5.74) is 0.677. The van der Waals surface area contributed by atoms with Crippen LogP contribution in [-0.2, 0) is 9.59 Å². The highest BCUT2D eigenvalue weighted by atomic mass is 16.1. The second-order valence-electron chi connectivity index (χ2n) is 4.79. The van der Waals surface area contributed by atoms with Crippen molar-refractivity contribution < 1.29 is 9.59 Å². The van der Waals surface area contributed by atoms with Gasteiger partial charge in [-0.05, 0) is 25.7 Å². The van der Waals surface area contributed by atoms with Crippen LogP contribution >= 0.6 is 0 Å². The molecule has 0 amide bonds. The van der Waals surface area contributed by atoms with E-state index in [-0.39, 0.29) is 17.5 Å². The fourth-order valence-electron chi connectivity index (χ4n) is 1.90. The molecular formula is C14H20O2. The van der Waals surface area contributed by atoms with Crippen LogP contribution in [0.5, 0.6) is 0 Å². The second kappa shape index (κ2) is 5.78. The molecule has 88 valence electrons. The summed E-state index contributed by atoms with van der Waals surface area (Å²) in [6.45, 7) is 5.75. The van der Waals surface area contributed by atoms with Crippen molar-refractivity contribution in [1.29, 1.82) is 0 Å². The molecule has 0 heterocycles. The normalized spacial score (nSPS) is 19.8. The Labute approximate surface area is 97.4 Å². The molecular weight excluding hydrogens is 200 g/mol. The Kier molecular flexibility index (Phi) is 4.66. The highest BCUT2D eigenvalue weighted by molar-refractivity contribution is 6.01. The fourth-order valence-corrected chi connectivity index (χ4v) is 1.90. The highest BCUT2D eigenvalue weighted by Gasteiger charge is 2.25. The van der Waals surface area contributed by atoms with Crippen molar-refractivity contribution in [2.45, 2.75) is 40.0 Å².